The van der Waals surface area contributed by atoms with Gasteiger partial charge in [-0.25, -0.2) is 0 Å². The van der Waals surface area contributed by atoms with Crippen molar-refractivity contribution in [3.05, 3.63) is 24.3 Å². The quantitative estimate of drug-likeness (QED) is 0.809. The number of hydrogen-bond donors (Lipinski definition) is 2. The Bertz CT molecular complexity index is 458. The van der Waals surface area contributed by atoms with Crippen molar-refractivity contribution in [2.75, 3.05) is 44.8 Å². The fraction of sp³-hybridized carbons (Fsp3) is 0.562. The zero-order chi connectivity index (χ0) is 15.2. The number of nitrogen functional groups attached to an aromatic ring is 1. The highest BCUT2D eigenvalue weighted by Gasteiger charge is 2.21. The number of likely N-dealkylation sites (N-methyl/N-ethyl adjacent to an activating group) is 1. The van der Waals surface area contributed by atoms with Gasteiger partial charge in [-0.05, 0) is 57.7 Å². The van der Waals surface area contributed by atoms with E-state index in [1.807, 2.05) is 12.1 Å². The summed E-state index contributed by atoms with van der Waals surface area (Å²) in [6.07, 6.45) is 2.99. The van der Waals surface area contributed by atoms with Gasteiger partial charge < -0.3 is 20.9 Å². The van der Waals surface area contributed by atoms with E-state index in [0.29, 0.717) is 18.2 Å². The molecule has 116 valence electrons. The molecule has 3 N–H and O–H groups in total. The predicted molar refractivity (Wildman–Crippen MR) is 87.3 cm³/mol. The molecule has 5 heteroatoms. The van der Waals surface area contributed by atoms with E-state index in [9.17, 15) is 4.79 Å². The first-order chi connectivity index (χ1) is 10.0. The summed E-state index contributed by atoms with van der Waals surface area (Å²) < 4.78 is 0. The van der Waals surface area contributed by atoms with Crippen LogP contribution in [0.2, 0.25) is 0 Å². The van der Waals surface area contributed by atoms with Crippen molar-refractivity contribution < 1.29 is 4.79 Å². The maximum atomic E-state index is 12.0. The minimum Gasteiger partial charge on any atom is -0.399 e. The first-order valence-corrected chi connectivity index (χ1v) is 7.59. The van der Waals surface area contributed by atoms with E-state index in [1.165, 1.54) is 12.8 Å². The van der Waals surface area contributed by atoms with Gasteiger partial charge in [-0.1, -0.05) is 0 Å². The highest BCUT2D eigenvalue weighted by atomic mass is 16.1. The van der Waals surface area contributed by atoms with Gasteiger partial charge >= 0.3 is 0 Å². The molecule has 1 fully saturated rings. The predicted octanol–water partition coefficient (Wildman–Crippen LogP) is 1.62. The normalized spacial score (nSPS) is 19.7. The lowest BCUT2D eigenvalue weighted by Crippen LogP contribution is -2.45. The van der Waals surface area contributed by atoms with Crippen molar-refractivity contribution in [3.8, 4) is 0 Å². The van der Waals surface area contributed by atoms with E-state index in [-0.39, 0.29) is 5.91 Å². The van der Waals surface area contributed by atoms with Crippen LogP contribution in [-0.4, -0.2) is 55.5 Å². The van der Waals surface area contributed by atoms with Gasteiger partial charge in [0.2, 0.25) is 5.91 Å². The van der Waals surface area contributed by atoms with Crippen molar-refractivity contribution in [2.24, 2.45) is 0 Å². The van der Waals surface area contributed by atoms with Gasteiger partial charge in [0.1, 0.15) is 0 Å². The summed E-state index contributed by atoms with van der Waals surface area (Å²) in [5.74, 6) is 0.0618. The third-order valence-electron chi connectivity index (χ3n) is 4.06. The number of amides is 1. The number of piperidine rings is 1. The molecule has 1 amide bonds. The maximum absolute atomic E-state index is 12.0. The number of benzene rings is 1. The second kappa shape index (κ2) is 7.43. The van der Waals surface area contributed by atoms with E-state index in [1.54, 1.807) is 12.1 Å². The number of nitrogens with one attached hydrogen (secondary N) is 1. The largest absolute Gasteiger partial charge is 0.399 e. The Morgan fingerprint density at radius 1 is 1.38 bits per heavy atom. The molecule has 0 aliphatic carbocycles. The number of carbonyl (C=O) groups is 1. The van der Waals surface area contributed by atoms with Gasteiger partial charge in [-0.15, -0.1) is 0 Å². The molecule has 1 unspecified atom stereocenters. The first kappa shape index (κ1) is 15.8. The first-order valence-electron chi connectivity index (χ1n) is 7.59. The van der Waals surface area contributed by atoms with E-state index < -0.39 is 0 Å². The van der Waals surface area contributed by atoms with Gasteiger partial charge in [-0.2, -0.15) is 0 Å². The van der Waals surface area contributed by atoms with Crippen LogP contribution in [0.1, 0.15) is 19.3 Å². The summed E-state index contributed by atoms with van der Waals surface area (Å²) in [5.41, 5.74) is 7.14. The number of anilines is 2. The molecule has 1 aromatic carbocycles. The SMILES string of the molecule is CN(C)C1CCCN(CCC(=O)Nc2ccc(N)cc2)C1. The third-order valence-corrected chi connectivity index (χ3v) is 4.06. The topological polar surface area (TPSA) is 61.6 Å². The van der Waals surface area contributed by atoms with Crippen molar-refractivity contribution in [3.63, 3.8) is 0 Å². The van der Waals surface area contributed by atoms with Crippen LogP contribution in [0, 0.1) is 0 Å². The highest BCUT2D eigenvalue weighted by molar-refractivity contribution is 5.90. The average Bonchev–Trinajstić information content (AvgIpc) is 2.48. The smallest absolute Gasteiger partial charge is 0.225 e. The molecule has 1 aromatic rings. The lowest BCUT2D eigenvalue weighted by Gasteiger charge is -2.36. The van der Waals surface area contributed by atoms with Gasteiger partial charge in [0.05, 0.1) is 0 Å². The molecule has 0 aromatic heterocycles. The Morgan fingerprint density at radius 2 is 2.10 bits per heavy atom. The molecule has 1 saturated heterocycles. The molecular formula is C16H26N4O. The lowest BCUT2D eigenvalue weighted by atomic mass is 10.0. The molecule has 1 aliphatic rings. The standard InChI is InChI=1S/C16H26N4O/c1-19(2)15-4-3-10-20(12-15)11-9-16(21)18-14-7-5-13(17)6-8-14/h5-8,15H,3-4,9-12,17H2,1-2H3,(H,18,21). The number of hydrogen-bond acceptors (Lipinski definition) is 4. The van der Waals surface area contributed by atoms with Crippen LogP contribution in [0.4, 0.5) is 11.4 Å². The lowest BCUT2D eigenvalue weighted by molar-refractivity contribution is -0.116. The fourth-order valence-electron chi connectivity index (χ4n) is 2.71. The Labute approximate surface area is 127 Å². The van der Waals surface area contributed by atoms with Crippen LogP contribution < -0.4 is 11.1 Å². The molecule has 0 bridgehead atoms. The Kier molecular flexibility index (Phi) is 5.59. The van der Waals surface area contributed by atoms with Gasteiger partial charge in [0, 0.05) is 36.9 Å². The van der Waals surface area contributed by atoms with Crippen LogP contribution in [0.25, 0.3) is 0 Å². The summed E-state index contributed by atoms with van der Waals surface area (Å²) in [7, 11) is 4.25. The molecule has 0 saturated carbocycles. The third kappa shape index (κ3) is 5.02. The van der Waals surface area contributed by atoms with Crippen molar-refractivity contribution in [1.82, 2.24) is 9.80 Å². The zero-order valence-corrected chi connectivity index (χ0v) is 13.0. The van der Waals surface area contributed by atoms with Crippen molar-refractivity contribution in [1.29, 1.82) is 0 Å². The Morgan fingerprint density at radius 3 is 2.76 bits per heavy atom. The number of rotatable bonds is 5. The van der Waals surface area contributed by atoms with Crippen LogP contribution >= 0.6 is 0 Å². The minimum absolute atomic E-state index is 0.0618. The molecule has 5 nitrogen and oxygen atoms in total. The number of nitrogens with two attached hydrogens (primary N) is 1. The molecule has 21 heavy (non-hydrogen) atoms. The molecular weight excluding hydrogens is 264 g/mol. The van der Waals surface area contributed by atoms with Crippen LogP contribution in [0.5, 0.6) is 0 Å². The van der Waals surface area contributed by atoms with Crippen LogP contribution in [-0.2, 0) is 4.79 Å². The van der Waals surface area contributed by atoms with Crippen molar-refractivity contribution >= 4 is 17.3 Å². The summed E-state index contributed by atoms with van der Waals surface area (Å²) >= 11 is 0. The molecule has 0 radical (unpaired) electrons. The second-order valence-corrected chi connectivity index (χ2v) is 5.98. The number of nitrogens with zero attached hydrogens (tertiary/aromatic N) is 2. The van der Waals surface area contributed by atoms with E-state index >= 15 is 0 Å². The Balaban J connectivity index is 1.74. The molecule has 0 spiro atoms. The zero-order valence-electron chi connectivity index (χ0n) is 13.0. The summed E-state index contributed by atoms with van der Waals surface area (Å²) in [5, 5.41) is 2.91. The van der Waals surface area contributed by atoms with Gasteiger partial charge in [0.15, 0.2) is 0 Å². The Hall–Kier alpha value is -1.59. The fourth-order valence-corrected chi connectivity index (χ4v) is 2.71. The summed E-state index contributed by atoms with van der Waals surface area (Å²) in [4.78, 5) is 16.6. The van der Waals surface area contributed by atoms with E-state index in [2.05, 4.69) is 29.2 Å². The van der Waals surface area contributed by atoms with E-state index in [0.717, 1.165) is 25.3 Å². The second-order valence-electron chi connectivity index (χ2n) is 5.98. The molecule has 2 rings (SSSR count). The molecule has 1 aliphatic heterocycles. The van der Waals surface area contributed by atoms with Gasteiger partial charge in [0.25, 0.3) is 0 Å². The van der Waals surface area contributed by atoms with Crippen molar-refractivity contribution in [2.45, 2.75) is 25.3 Å². The summed E-state index contributed by atoms with van der Waals surface area (Å²) in [6.45, 7) is 2.98. The average molecular weight is 290 g/mol. The molecule has 1 atom stereocenters. The van der Waals surface area contributed by atoms with Crippen LogP contribution in [0.15, 0.2) is 24.3 Å². The highest BCUT2D eigenvalue weighted by Crippen LogP contribution is 2.14. The maximum Gasteiger partial charge on any atom is 0.225 e. The number of likely N-dealkylation sites (tertiary alicyclic amines) is 1. The number of carbonyl (C=O) groups excluding carboxylic acids is 1. The monoisotopic (exact) mass is 290 g/mol. The summed E-state index contributed by atoms with van der Waals surface area (Å²) in [6, 6.07) is 7.86. The minimum atomic E-state index is 0.0618. The van der Waals surface area contributed by atoms with Crippen LogP contribution in [0.3, 0.4) is 0 Å². The van der Waals surface area contributed by atoms with Gasteiger partial charge in [-0.3, -0.25) is 4.79 Å². The molecule has 1 heterocycles. The van der Waals surface area contributed by atoms with E-state index in [4.69, 9.17) is 5.73 Å².